The highest BCUT2D eigenvalue weighted by molar-refractivity contribution is 7.89. The van der Waals surface area contributed by atoms with E-state index in [1.807, 2.05) is 0 Å². The van der Waals surface area contributed by atoms with Crippen molar-refractivity contribution in [1.82, 2.24) is 30.5 Å². The predicted octanol–water partition coefficient (Wildman–Crippen LogP) is 3.29. The Balaban J connectivity index is 1.56. The van der Waals surface area contributed by atoms with Crippen molar-refractivity contribution in [2.75, 3.05) is 26.4 Å². The van der Waals surface area contributed by atoms with Crippen LogP contribution in [0.3, 0.4) is 0 Å². The summed E-state index contributed by atoms with van der Waals surface area (Å²) in [6.45, 7) is 4.18. The number of sulfonamides is 1. The molecule has 0 unspecified atom stereocenters. The Labute approximate surface area is 298 Å². The zero-order valence-electron chi connectivity index (χ0n) is 30.2. The third-order valence-corrected chi connectivity index (χ3v) is 12.9. The Bertz CT molecular complexity index is 1330. The molecule has 0 aromatic carbocycles. The molecule has 2 saturated carbocycles. The fraction of sp³-hybridized carbons (Fsp3) is 0.806. The van der Waals surface area contributed by atoms with Crippen molar-refractivity contribution < 1.29 is 32.4 Å². The minimum atomic E-state index is -3.64. The lowest BCUT2D eigenvalue weighted by atomic mass is 9.92. The van der Waals surface area contributed by atoms with Crippen LogP contribution in [0.15, 0.2) is 12.7 Å². The Morgan fingerprint density at radius 2 is 1.44 bits per heavy atom. The minimum Gasteiger partial charge on any atom is -0.347 e. The topological polar surface area (TPSA) is 174 Å². The summed E-state index contributed by atoms with van der Waals surface area (Å²) in [6, 6.07) is -3.50. The number of amides is 5. The summed E-state index contributed by atoms with van der Waals surface area (Å²) in [5, 5.41) is 11.5. The number of carbonyl (C=O) groups is 5. The number of urea groups is 1. The van der Waals surface area contributed by atoms with Crippen molar-refractivity contribution in [2.24, 2.45) is 5.92 Å². The molecule has 50 heavy (non-hydrogen) atoms. The number of ketones is 1. The molecule has 0 spiro atoms. The van der Waals surface area contributed by atoms with Crippen molar-refractivity contribution in [1.29, 1.82) is 0 Å². The number of nitrogens with zero attached hydrogens (tertiary/aromatic N) is 2. The molecule has 4 aliphatic rings. The van der Waals surface area contributed by atoms with Crippen LogP contribution in [0.25, 0.3) is 0 Å². The second-order valence-electron chi connectivity index (χ2n) is 15.1. The van der Waals surface area contributed by atoms with Gasteiger partial charge < -0.3 is 26.2 Å². The van der Waals surface area contributed by atoms with Gasteiger partial charge in [0.2, 0.25) is 27.6 Å². The van der Waals surface area contributed by atoms with Crippen LogP contribution in [0.1, 0.15) is 122 Å². The molecule has 13 nitrogen and oxygen atoms in total. The SMILES string of the molecule is C=C[C@H]1CCN2C(=O)[C@@H](NC(=O)NC3(CS(=O)(=O)N(C)C)CCCCCC3)CCCCCCCCCC[C@@H](C(=O)C(=O)NC3CC3)NC(=O)[C@H]12. The van der Waals surface area contributed by atoms with Gasteiger partial charge in [0.05, 0.1) is 17.3 Å². The van der Waals surface area contributed by atoms with Crippen molar-refractivity contribution >= 4 is 39.6 Å². The number of rotatable bonds is 9. The monoisotopic (exact) mass is 720 g/mol. The molecular weight excluding hydrogens is 660 g/mol. The summed E-state index contributed by atoms with van der Waals surface area (Å²) in [6.07, 6.45) is 16.1. The second-order valence-corrected chi connectivity index (χ2v) is 17.3. The Morgan fingerprint density at radius 1 is 0.860 bits per heavy atom. The third-order valence-electron chi connectivity index (χ3n) is 10.9. The van der Waals surface area contributed by atoms with E-state index in [4.69, 9.17) is 0 Å². The van der Waals surface area contributed by atoms with E-state index in [0.29, 0.717) is 44.9 Å². The van der Waals surface area contributed by atoms with E-state index in [-0.39, 0.29) is 24.3 Å². The fourth-order valence-corrected chi connectivity index (χ4v) is 8.97. The maximum absolute atomic E-state index is 14.3. The number of fused-ring (bicyclic) bond motifs is 1. The Morgan fingerprint density at radius 3 is 2.02 bits per heavy atom. The van der Waals surface area contributed by atoms with Crippen molar-refractivity contribution in [2.45, 2.75) is 152 Å². The molecule has 0 radical (unpaired) electrons. The van der Waals surface area contributed by atoms with Gasteiger partial charge in [-0.2, -0.15) is 0 Å². The molecule has 4 N–H and O–H groups in total. The molecule has 2 aliphatic heterocycles. The normalized spacial score (nSPS) is 27.6. The van der Waals surface area contributed by atoms with E-state index in [0.717, 1.165) is 77.0 Å². The van der Waals surface area contributed by atoms with Crippen LogP contribution in [0.4, 0.5) is 4.79 Å². The highest BCUT2D eigenvalue weighted by atomic mass is 32.2. The summed E-state index contributed by atoms with van der Waals surface area (Å²) < 4.78 is 27.3. The standard InChI is InChI=1S/C36H60N6O7S/c1-4-26-21-24-42-30(26)32(44)38-28(31(43)33(45)37-27-19-20-27)17-13-9-7-5-6-8-10-14-18-29(34(42)46)39-35(47)40-36(22-15-11-12-16-23-36)25-50(48,49)41(2)3/h4,26-30H,1,5-25H2,2-3H3,(H,37,45)(H,38,44)(H2,39,40,47)/t26-,28-,29-,30-/m0/s1. The molecule has 14 heteroatoms. The van der Waals surface area contributed by atoms with Crippen LogP contribution in [0, 0.1) is 5.92 Å². The first-order chi connectivity index (χ1) is 23.9. The molecule has 0 bridgehead atoms. The van der Waals surface area contributed by atoms with Gasteiger partial charge in [0, 0.05) is 32.6 Å². The lowest BCUT2D eigenvalue weighted by Gasteiger charge is -2.36. The summed E-state index contributed by atoms with van der Waals surface area (Å²) in [7, 11) is -0.666. The average Bonchev–Trinajstić information content (AvgIpc) is 3.82. The summed E-state index contributed by atoms with van der Waals surface area (Å²) in [5.74, 6) is -2.89. The van der Waals surface area contributed by atoms with Crippen LogP contribution in [0.5, 0.6) is 0 Å². The van der Waals surface area contributed by atoms with Crippen LogP contribution in [-0.4, -0.2) is 103 Å². The van der Waals surface area contributed by atoms with Gasteiger partial charge >= 0.3 is 6.03 Å². The van der Waals surface area contributed by atoms with Crippen molar-refractivity contribution in [3.8, 4) is 0 Å². The first kappa shape index (κ1) is 39.8. The molecule has 4 atom stereocenters. The first-order valence-electron chi connectivity index (χ1n) is 18.9. The molecule has 2 aliphatic carbocycles. The van der Waals surface area contributed by atoms with Crippen LogP contribution >= 0.6 is 0 Å². The van der Waals surface area contributed by atoms with E-state index >= 15 is 0 Å². The van der Waals surface area contributed by atoms with Crippen LogP contribution in [-0.2, 0) is 29.2 Å². The number of carbonyl (C=O) groups excluding carboxylic acids is 5. The predicted molar refractivity (Wildman–Crippen MR) is 191 cm³/mol. The number of hydrogen-bond acceptors (Lipinski definition) is 7. The highest BCUT2D eigenvalue weighted by Gasteiger charge is 2.45. The Kier molecular flexibility index (Phi) is 14.7. The molecule has 0 aromatic heterocycles. The lowest BCUT2D eigenvalue weighted by Crippen LogP contribution is -2.61. The molecule has 4 rings (SSSR count). The fourth-order valence-electron chi connectivity index (χ4n) is 7.65. The van der Waals surface area contributed by atoms with Gasteiger partial charge in [0.15, 0.2) is 0 Å². The molecule has 282 valence electrons. The number of Topliss-reactive ketones (excluding diaryl/α,β-unsaturated/α-hetero) is 1. The van der Waals surface area contributed by atoms with E-state index in [2.05, 4.69) is 27.8 Å². The molecule has 0 aromatic rings. The first-order valence-corrected chi connectivity index (χ1v) is 20.5. The zero-order chi connectivity index (χ0) is 36.3. The average molecular weight is 721 g/mol. The summed E-state index contributed by atoms with van der Waals surface area (Å²) >= 11 is 0. The maximum Gasteiger partial charge on any atom is 0.315 e. The van der Waals surface area contributed by atoms with E-state index in [1.54, 1.807) is 6.08 Å². The summed E-state index contributed by atoms with van der Waals surface area (Å²) in [4.78, 5) is 69.6. The molecule has 4 fully saturated rings. The smallest absolute Gasteiger partial charge is 0.315 e. The molecule has 2 saturated heterocycles. The van der Waals surface area contributed by atoms with Crippen LogP contribution in [0.2, 0.25) is 0 Å². The second kappa shape index (κ2) is 18.5. The van der Waals surface area contributed by atoms with Gasteiger partial charge in [-0.25, -0.2) is 17.5 Å². The quantitative estimate of drug-likeness (QED) is 0.161. The van der Waals surface area contributed by atoms with Gasteiger partial charge in [-0.3, -0.25) is 19.2 Å². The van der Waals surface area contributed by atoms with E-state index in [1.165, 1.54) is 23.3 Å². The Hall–Kier alpha value is -3.00. The van der Waals surface area contributed by atoms with Crippen molar-refractivity contribution in [3.63, 3.8) is 0 Å². The van der Waals surface area contributed by atoms with E-state index < -0.39 is 63.2 Å². The van der Waals surface area contributed by atoms with Gasteiger partial charge in [-0.05, 0) is 44.9 Å². The summed E-state index contributed by atoms with van der Waals surface area (Å²) in [5.41, 5.74) is -0.971. The minimum absolute atomic E-state index is 0.00169. The van der Waals surface area contributed by atoms with E-state index in [9.17, 15) is 32.4 Å². The molecule has 2 heterocycles. The highest BCUT2D eigenvalue weighted by Crippen LogP contribution is 2.30. The zero-order valence-corrected chi connectivity index (χ0v) is 31.0. The van der Waals surface area contributed by atoms with Gasteiger partial charge in [0.1, 0.15) is 12.1 Å². The van der Waals surface area contributed by atoms with Gasteiger partial charge in [0.25, 0.3) is 5.91 Å². The maximum atomic E-state index is 14.3. The lowest BCUT2D eigenvalue weighted by molar-refractivity contribution is -0.143. The van der Waals surface area contributed by atoms with Gasteiger partial charge in [-0.1, -0.05) is 83.1 Å². The largest absolute Gasteiger partial charge is 0.347 e. The molecular formula is C36H60N6O7S. The number of hydrogen-bond donors (Lipinski definition) is 4. The van der Waals surface area contributed by atoms with Crippen molar-refractivity contribution in [3.05, 3.63) is 12.7 Å². The number of nitrogens with one attached hydrogen (secondary N) is 4. The van der Waals surface area contributed by atoms with Crippen LogP contribution < -0.4 is 21.3 Å². The molecule has 5 amide bonds. The van der Waals surface area contributed by atoms with Gasteiger partial charge in [-0.15, -0.1) is 6.58 Å². The third kappa shape index (κ3) is 11.2.